The number of carbonyl (C=O) groups is 1. The second-order valence-electron chi connectivity index (χ2n) is 2.02. The molecular weight excluding hydrogens is 136 g/mol. The minimum atomic E-state index is -0.858. The van der Waals surface area contributed by atoms with Crippen molar-refractivity contribution in [3.8, 4) is 0 Å². The first-order chi connectivity index (χ1) is 4.72. The molecule has 1 heterocycles. The molecule has 0 spiro atoms. The molecular formula is C4H10N4O2. The van der Waals surface area contributed by atoms with Gasteiger partial charge in [0.05, 0.1) is 6.67 Å². The van der Waals surface area contributed by atoms with Gasteiger partial charge in [0.25, 0.3) is 0 Å². The maximum atomic E-state index is 10.3. The summed E-state index contributed by atoms with van der Waals surface area (Å²) >= 11 is 0. The molecule has 1 aliphatic rings. The topological polar surface area (TPSA) is 81.8 Å². The van der Waals surface area contributed by atoms with Crippen LogP contribution in [0.25, 0.3) is 0 Å². The van der Waals surface area contributed by atoms with Crippen molar-refractivity contribution >= 4 is 6.03 Å². The quantitative estimate of drug-likeness (QED) is 0.312. The molecule has 4 N–H and O–H groups in total. The first kappa shape index (κ1) is 7.26. The fourth-order valence-corrected chi connectivity index (χ4v) is 0.796. The normalized spacial score (nSPS) is 19.3. The Morgan fingerprint density at radius 1 is 1.80 bits per heavy atom. The monoisotopic (exact) mass is 146 g/mol. The third kappa shape index (κ3) is 1.35. The molecule has 1 fully saturated rings. The Morgan fingerprint density at radius 2 is 2.50 bits per heavy atom. The zero-order valence-electron chi connectivity index (χ0n) is 5.45. The van der Waals surface area contributed by atoms with Gasteiger partial charge >= 0.3 is 6.03 Å². The second kappa shape index (κ2) is 2.82. The number of primary amides is 1. The van der Waals surface area contributed by atoms with Gasteiger partial charge in [-0.1, -0.05) is 0 Å². The Bertz CT molecular complexity index is 133. The van der Waals surface area contributed by atoms with Crippen molar-refractivity contribution in [2.45, 2.75) is 0 Å². The molecule has 0 radical (unpaired) electrons. The molecule has 6 heteroatoms. The van der Waals surface area contributed by atoms with Crippen LogP contribution in [0.3, 0.4) is 0 Å². The number of hydrogen-bond donors (Lipinski definition) is 3. The van der Waals surface area contributed by atoms with Gasteiger partial charge in [-0.05, 0) is 0 Å². The Hall–Kier alpha value is -0.850. The number of nitrogens with one attached hydrogen (secondary N) is 1. The van der Waals surface area contributed by atoms with Crippen molar-refractivity contribution in [2.75, 3.05) is 19.8 Å². The van der Waals surface area contributed by atoms with Gasteiger partial charge in [-0.25, -0.2) is 4.79 Å². The number of hydrazine groups is 1. The second-order valence-corrected chi connectivity index (χ2v) is 2.02. The van der Waals surface area contributed by atoms with Crippen LogP contribution in [0, 0.1) is 0 Å². The SMILES string of the molecule is NC(=O)N(O)N1CCNC1. The van der Waals surface area contributed by atoms with E-state index in [0.29, 0.717) is 18.4 Å². The van der Waals surface area contributed by atoms with E-state index in [-0.39, 0.29) is 0 Å². The third-order valence-electron chi connectivity index (χ3n) is 1.31. The molecule has 0 saturated carbocycles. The molecule has 0 unspecified atom stereocenters. The van der Waals surface area contributed by atoms with Crippen LogP contribution in [0.4, 0.5) is 4.79 Å². The van der Waals surface area contributed by atoms with Crippen molar-refractivity contribution in [1.29, 1.82) is 0 Å². The van der Waals surface area contributed by atoms with Gasteiger partial charge in [0.2, 0.25) is 0 Å². The lowest BCUT2D eigenvalue weighted by atomic mass is 10.7. The van der Waals surface area contributed by atoms with Crippen molar-refractivity contribution < 1.29 is 10.0 Å². The summed E-state index contributed by atoms with van der Waals surface area (Å²) in [5.41, 5.74) is 4.78. The highest BCUT2D eigenvalue weighted by Gasteiger charge is 2.19. The van der Waals surface area contributed by atoms with E-state index in [0.717, 1.165) is 6.54 Å². The number of nitrogens with zero attached hydrogens (tertiary/aromatic N) is 2. The number of rotatable bonds is 1. The Labute approximate surface area is 58.1 Å². The highest BCUT2D eigenvalue weighted by molar-refractivity contribution is 5.69. The Balaban J connectivity index is 2.39. The van der Waals surface area contributed by atoms with E-state index in [1.165, 1.54) is 5.01 Å². The van der Waals surface area contributed by atoms with Gasteiger partial charge in [0, 0.05) is 13.1 Å². The first-order valence-corrected chi connectivity index (χ1v) is 2.96. The van der Waals surface area contributed by atoms with E-state index in [4.69, 9.17) is 10.9 Å². The number of amides is 2. The van der Waals surface area contributed by atoms with Crippen LogP contribution in [0.2, 0.25) is 0 Å². The smallest absolute Gasteiger partial charge is 0.349 e. The average molecular weight is 146 g/mol. The van der Waals surface area contributed by atoms with Crippen LogP contribution in [-0.4, -0.2) is 41.2 Å². The highest BCUT2D eigenvalue weighted by Crippen LogP contribution is 1.95. The molecule has 0 aromatic carbocycles. The predicted octanol–water partition coefficient (Wildman–Crippen LogP) is -1.47. The fraction of sp³-hybridized carbons (Fsp3) is 0.750. The lowest BCUT2D eigenvalue weighted by Crippen LogP contribution is -2.46. The van der Waals surface area contributed by atoms with Crippen molar-refractivity contribution in [3.05, 3.63) is 0 Å². The molecule has 6 nitrogen and oxygen atoms in total. The van der Waals surface area contributed by atoms with E-state index >= 15 is 0 Å². The van der Waals surface area contributed by atoms with Gasteiger partial charge in [0.15, 0.2) is 0 Å². The molecule has 1 saturated heterocycles. The predicted molar refractivity (Wildman–Crippen MR) is 32.8 cm³/mol. The van der Waals surface area contributed by atoms with Crippen LogP contribution < -0.4 is 11.1 Å². The van der Waals surface area contributed by atoms with Gasteiger partial charge in [0.1, 0.15) is 0 Å². The zero-order chi connectivity index (χ0) is 7.56. The summed E-state index contributed by atoms with van der Waals surface area (Å²) in [6, 6.07) is -0.858. The molecule has 0 aliphatic carbocycles. The van der Waals surface area contributed by atoms with E-state index in [1.54, 1.807) is 0 Å². The lowest BCUT2D eigenvalue weighted by molar-refractivity contribution is -0.187. The average Bonchev–Trinajstić information content (AvgIpc) is 2.36. The van der Waals surface area contributed by atoms with Crippen LogP contribution in [-0.2, 0) is 0 Å². The number of carbonyl (C=O) groups excluding carboxylic acids is 1. The number of nitrogens with two attached hydrogens (primary N) is 1. The molecule has 0 atom stereocenters. The summed E-state index contributed by atoms with van der Waals surface area (Å²) in [6.07, 6.45) is 0. The minimum Gasteiger partial charge on any atom is -0.349 e. The summed E-state index contributed by atoms with van der Waals surface area (Å²) in [7, 11) is 0. The van der Waals surface area contributed by atoms with Crippen LogP contribution >= 0.6 is 0 Å². The summed E-state index contributed by atoms with van der Waals surface area (Å²) in [6.45, 7) is 1.81. The molecule has 1 rings (SSSR count). The standard InChI is InChI=1S/C4H10N4O2/c5-4(9)8(10)7-2-1-6-3-7/h6,10H,1-3H2,(H2,5,9). The summed E-state index contributed by atoms with van der Waals surface area (Å²) < 4.78 is 0. The zero-order valence-corrected chi connectivity index (χ0v) is 5.45. The number of hydroxylamine groups is 1. The Kier molecular flexibility index (Phi) is 2.05. The van der Waals surface area contributed by atoms with Crippen LogP contribution in [0.5, 0.6) is 0 Å². The van der Waals surface area contributed by atoms with Crippen molar-refractivity contribution in [2.24, 2.45) is 5.73 Å². The number of urea groups is 1. The molecule has 0 aromatic heterocycles. The first-order valence-electron chi connectivity index (χ1n) is 2.96. The molecule has 1 aliphatic heterocycles. The van der Waals surface area contributed by atoms with E-state index in [9.17, 15) is 4.79 Å². The van der Waals surface area contributed by atoms with E-state index < -0.39 is 6.03 Å². The molecule has 0 bridgehead atoms. The summed E-state index contributed by atoms with van der Waals surface area (Å²) in [5.74, 6) is 0. The van der Waals surface area contributed by atoms with Crippen LogP contribution in [0.1, 0.15) is 0 Å². The van der Waals surface area contributed by atoms with Gasteiger partial charge in [-0.2, -0.15) is 5.01 Å². The van der Waals surface area contributed by atoms with E-state index in [1.807, 2.05) is 0 Å². The summed E-state index contributed by atoms with van der Waals surface area (Å²) in [5, 5.41) is 13.6. The molecule has 2 amide bonds. The van der Waals surface area contributed by atoms with Crippen molar-refractivity contribution in [3.63, 3.8) is 0 Å². The maximum Gasteiger partial charge on any atom is 0.354 e. The minimum absolute atomic E-state index is 0.417. The van der Waals surface area contributed by atoms with Gasteiger partial charge < -0.3 is 11.1 Å². The Morgan fingerprint density at radius 3 is 2.90 bits per heavy atom. The highest BCUT2D eigenvalue weighted by atomic mass is 16.6. The maximum absolute atomic E-state index is 10.3. The third-order valence-corrected chi connectivity index (χ3v) is 1.31. The molecule has 10 heavy (non-hydrogen) atoms. The number of hydrogen-bond acceptors (Lipinski definition) is 4. The van der Waals surface area contributed by atoms with Crippen molar-refractivity contribution in [1.82, 2.24) is 15.5 Å². The largest absolute Gasteiger partial charge is 0.354 e. The summed E-state index contributed by atoms with van der Waals surface area (Å²) in [4.78, 5) is 10.3. The molecule has 0 aromatic rings. The molecule has 58 valence electrons. The van der Waals surface area contributed by atoms with Gasteiger partial charge in [-0.15, -0.1) is 5.17 Å². The van der Waals surface area contributed by atoms with E-state index in [2.05, 4.69) is 5.32 Å². The lowest BCUT2D eigenvalue weighted by Gasteiger charge is -2.21. The van der Waals surface area contributed by atoms with Crippen LogP contribution in [0.15, 0.2) is 0 Å². The fourth-order valence-electron chi connectivity index (χ4n) is 0.796. The van der Waals surface area contributed by atoms with Gasteiger partial charge in [-0.3, -0.25) is 5.21 Å².